The maximum Gasteiger partial charge on any atom is 0.219 e. The van der Waals surface area contributed by atoms with Crippen LogP contribution in [0.2, 0.25) is 0 Å². The summed E-state index contributed by atoms with van der Waals surface area (Å²) in [5.74, 6) is 0. The van der Waals surface area contributed by atoms with Gasteiger partial charge in [-0.3, -0.25) is 5.11 Å². The van der Waals surface area contributed by atoms with Gasteiger partial charge in [0.05, 0.1) is 0 Å². The molecule has 1 aromatic carbocycles. The minimum atomic E-state index is -0.214. The zero-order valence-corrected chi connectivity index (χ0v) is 6.80. The van der Waals surface area contributed by atoms with Crippen molar-refractivity contribution in [3.05, 3.63) is 42.3 Å². The normalized spacial score (nSPS) is 9.45. The molecule has 0 saturated carbocycles. The first-order valence-corrected chi connectivity index (χ1v) is 3.78. The fourth-order valence-electron chi connectivity index (χ4n) is 0.790. The highest BCUT2D eigenvalue weighted by Gasteiger charge is 1.96. The maximum absolute atomic E-state index is 10.4. The molecule has 0 amide bonds. The van der Waals surface area contributed by atoms with Crippen molar-refractivity contribution in [1.29, 1.82) is 0 Å². The van der Waals surface area contributed by atoms with Gasteiger partial charge in [0, 0.05) is 6.42 Å². The zero-order valence-electron chi connectivity index (χ0n) is 5.99. The van der Waals surface area contributed by atoms with Gasteiger partial charge in [-0.15, -0.1) is 0 Å². The molecule has 0 heterocycles. The van der Waals surface area contributed by atoms with Crippen LogP contribution in [0.5, 0.6) is 0 Å². The molecule has 56 valence electrons. The second kappa shape index (κ2) is 4.09. The van der Waals surface area contributed by atoms with Crippen LogP contribution < -0.4 is 0 Å². The largest absolute Gasteiger partial charge is 0.282 e. The molecule has 0 aliphatic rings. The molecule has 0 atom stereocenters. The first-order chi connectivity index (χ1) is 5.29. The third-order valence-electron chi connectivity index (χ3n) is 1.30. The molecule has 1 aromatic rings. The summed E-state index contributed by atoms with van der Waals surface area (Å²) in [6, 6.07) is 9.68. The summed E-state index contributed by atoms with van der Waals surface area (Å²) >= 11 is 4.41. The van der Waals surface area contributed by atoms with Crippen molar-refractivity contribution in [2.45, 2.75) is 6.42 Å². The monoisotopic (exact) mass is 164 g/mol. The summed E-state index contributed by atoms with van der Waals surface area (Å²) in [5, 5.41) is 10.2. The summed E-state index contributed by atoms with van der Waals surface area (Å²) in [7, 11) is 0. The van der Waals surface area contributed by atoms with Crippen LogP contribution in [0, 0.1) is 6.42 Å². The molecule has 0 unspecified atom stereocenters. The van der Waals surface area contributed by atoms with E-state index in [0.29, 0.717) is 6.42 Å². The lowest BCUT2D eigenvalue weighted by atomic mass is 10.1. The number of benzene rings is 1. The molecule has 0 fully saturated rings. The molecule has 2 heteroatoms. The van der Waals surface area contributed by atoms with E-state index in [9.17, 15) is 5.11 Å². The highest BCUT2D eigenvalue weighted by Crippen LogP contribution is 2.04. The third kappa shape index (κ3) is 3.14. The minimum absolute atomic E-state index is 0.214. The van der Waals surface area contributed by atoms with Crippen LogP contribution in [0.15, 0.2) is 30.3 Å². The van der Waals surface area contributed by atoms with Crippen LogP contribution in [-0.2, 0) is 5.11 Å². The van der Waals surface area contributed by atoms with Crippen LogP contribution >= 0.6 is 12.2 Å². The van der Waals surface area contributed by atoms with E-state index in [1.807, 2.05) is 36.8 Å². The summed E-state index contributed by atoms with van der Waals surface area (Å²) < 4.78 is 0. The maximum atomic E-state index is 10.4. The first kappa shape index (κ1) is 8.21. The Balaban J connectivity index is 2.45. The Bertz CT molecular complexity index is 231. The molecule has 2 radical (unpaired) electrons. The lowest BCUT2D eigenvalue weighted by Crippen LogP contribution is -1.90. The third-order valence-corrected chi connectivity index (χ3v) is 1.47. The van der Waals surface area contributed by atoms with Gasteiger partial charge < -0.3 is 0 Å². The van der Waals surface area contributed by atoms with Crippen molar-refractivity contribution >= 4 is 17.3 Å². The minimum Gasteiger partial charge on any atom is -0.282 e. The van der Waals surface area contributed by atoms with Crippen LogP contribution in [0.4, 0.5) is 0 Å². The summed E-state index contributed by atoms with van der Waals surface area (Å²) in [5.41, 5.74) is 1.05. The van der Waals surface area contributed by atoms with Crippen molar-refractivity contribution in [1.82, 2.24) is 0 Å². The van der Waals surface area contributed by atoms with Crippen LogP contribution in [0.25, 0.3) is 0 Å². The molecule has 0 aromatic heterocycles. The van der Waals surface area contributed by atoms with Crippen molar-refractivity contribution in [2.75, 3.05) is 0 Å². The van der Waals surface area contributed by atoms with Crippen molar-refractivity contribution in [2.24, 2.45) is 0 Å². The molecular weight excluding hydrogens is 156 g/mol. The second-order valence-electron chi connectivity index (χ2n) is 2.19. The molecule has 0 aliphatic heterocycles. The Kier molecular flexibility index (Phi) is 3.05. The van der Waals surface area contributed by atoms with Gasteiger partial charge in [0.1, 0.15) is 0 Å². The lowest BCUT2D eigenvalue weighted by molar-refractivity contribution is 0.431. The van der Waals surface area contributed by atoms with Gasteiger partial charge in [-0.2, -0.15) is 0 Å². The van der Waals surface area contributed by atoms with E-state index in [1.54, 1.807) is 0 Å². The van der Waals surface area contributed by atoms with Gasteiger partial charge in [-0.1, -0.05) is 30.3 Å². The second-order valence-corrected chi connectivity index (χ2v) is 2.65. The SMILES string of the molecule is [O]C(=S)C[CH]c1ccccc1. The van der Waals surface area contributed by atoms with Crippen LogP contribution in [0.3, 0.4) is 0 Å². The van der Waals surface area contributed by atoms with Gasteiger partial charge in [-0.25, -0.2) is 0 Å². The Morgan fingerprint density at radius 3 is 2.55 bits per heavy atom. The Labute approximate surface area is 71.7 Å². The highest BCUT2D eigenvalue weighted by atomic mass is 32.1. The van der Waals surface area contributed by atoms with Crippen LogP contribution in [-0.4, -0.2) is 5.05 Å². The van der Waals surface area contributed by atoms with Gasteiger partial charge in [0.15, 0.2) is 0 Å². The van der Waals surface area contributed by atoms with Crippen molar-refractivity contribution in [3.63, 3.8) is 0 Å². The predicted octanol–water partition coefficient (Wildman–Crippen LogP) is 2.39. The summed E-state index contributed by atoms with van der Waals surface area (Å²) in [6.45, 7) is 0. The first-order valence-electron chi connectivity index (χ1n) is 3.37. The van der Waals surface area contributed by atoms with E-state index >= 15 is 0 Å². The fourth-order valence-corrected chi connectivity index (χ4v) is 0.874. The van der Waals surface area contributed by atoms with Crippen molar-refractivity contribution in [3.8, 4) is 0 Å². The quantitative estimate of drug-likeness (QED) is 0.628. The zero-order chi connectivity index (χ0) is 8.10. The summed E-state index contributed by atoms with van der Waals surface area (Å²) in [6.07, 6.45) is 2.18. The topological polar surface area (TPSA) is 19.9 Å². The van der Waals surface area contributed by atoms with Crippen molar-refractivity contribution < 1.29 is 5.11 Å². The molecule has 1 rings (SSSR count). The average Bonchev–Trinajstić information content (AvgIpc) is 2.03. The van der Waals surface area contributed by atoms with E-state index in [0.717, 1.165) is 5.56 Å². The molecule has 0 spiro atoms. The smallest absolute Gasteiger partial charge is 0.219 e. The van der Waals surface area contributed by atoms with E-state index in [4.69, 9.17) is 0 Å². The fraction of sp³-hybridized carbons (Fsp3) is 0.111. The summed E-state index contributed by atoms with van der Waals surface area (Å²) in [4.78, 5) is 0. The van der Waals surface area contributed by atoms with E-state index in [1.165, 1.54) is 0 Å². The van der Waals surface area contributed by atoms with Gasteiger partial charge >= 0.3 is 0 Å². The van der Waals surface area contributed by atoms with E-state index < -0.39 is 0 Å². The highest BCUT2D eigenvalue weighted by molar-refractivity contribution is 7.80. The molecule has 11 heavy (non-hydrogen) atoms. The Morgan fingerprint density at radius 1 is 1.36 bits per heavy atom. The van der Waals surface area contributed by atoms with E-state index in [2.05, 4.69) is 12.2 Å². The molecule has 1 nitrogen and oxygen atoms in total. The lowest BCUT2D eigenvalue weighted by Gasteiger charge is -1.95. The average molecular weight is 164 g/mol. The number of hydrogen-bond donors (Lipinski definition) is 0. The number of hydrogen-bond acceptors (Lipinski definition) is 1. The van der Waals surface area contributed by atoms with E-state index in [-0.39, 0.29) is 5.05 Å². The van der Waals surface area contributed by atoms with Crippen LogP contribution in [0.1, 0.15) is 12.0 Å². The Morgan fingerprint density at radius 2 is 2.00 bits per heavy atom. The molecule has 0 N–H and O–H groups in total. The number of rotatable bonds is 3. The van der Waals surface area contributed by atoms with Gasteiger partial charge in [-0.05, 0) is 24.2 Å². The molecule has 0 saturated heterocycles. The standard InChI is InChI=1S/C9H8OS/c10-9(11)7-6-8-4-2-1-3-5-8/h1-6H,7H2. The molecular formula is C9H8OS. The predicted molar refractivity (Wildman–Crippen MR) is 47.7 cm³/mol. The number of thiocarbonyl (C=S) groups is 1. The molecule has 0 bridgehead atoms. The molecule has 0 aliphatic carbocycles. The Hall–Kier alpha value is -0.890. The van der Waals surface area contributed by atoms with Gasteiger partial charge in [0.25, 0.3) is 0 Å². The van der Waals surface area contributed by atoms with Gasteiger partial charge in [0.2, 0.25) is 5.05 Å².